The highest BCUT2D eigenvalue weighted by Gasteiger charge is 2.21. The van der Waals surface area contributed by atoms with Crippen molar-refractivity contribution in [1.29, 1.82) is 0 Å². The molecule has 1 aliphatic rings. The Hall–Kier alpha value is -2.07. The molecule has 2 aromatic rings. The van der Waals surface area contributed by atoms with E-state index in [0.29, 0.717) is 24.8 Å². The van der Waals surface area contributed by atoms with E-state index in [0.717, 1.165) is 31.1 Å². The number of nitrogens with zero attached hydrogens (tertiary/aromatic N) is 1. The maximum atomic E-state index is 14.4. The van der Waals surface area contributed by atoms with Gasteiger partial charge in [0.05, 0.1) is 0 Å². The van der Waals surface area contributed by atoms with Crippen molar-refractivity contribution in [2.75, 3.05) is 19.6 Å². The number of halogens is 3. The molecule has 0 fully saturated rings. The number of benzene rings is 2. The van der Waals surface area contributed by atoms with Crippen molar-refractivity contribution in [3.8, 4) is 0 Å². The number of hydrogen-bond acceptors (Lipinski definition) is 1. The van der Waals surface area contributed by atoms with Crippen molar-refractivity contribution >= 4 is 5.57 Å². The molecule has 0 radical (unpaired) electrons. The van der Waals surface area contributed by atoms with Gasteiger partial charge in [-0.15, -0.1) is 0 Å². The molecule has 2 aromatic carbocycles. The Labute approximate surface area is 172 Å². The van der Waals surface area contributed by atoms with E-state index in [4.69, 9.17) is 0 Å². The molecule has 0 saturated carbocycles. The van der Waals surface area contributed by atoms with Crippen LogP contribution in [0.1, 0.15) is 55.4 Å². The molecule has 0 amide bonds. The van der Waals surface area contributed by atoms with Gasteiger partial charge in [-0.25, -0.2) is 13.2 Å². The van der Waals surface area contributed by atoms with Gasteiger partial charge in [0.1, 0.15) is 5.82 Å². The van der Waals surface area contributed by atoms with Gasteiger partial charge in [0.2, 0.25) is 0 Å². The van der Waals surface area contributed by atoms with Crippen LogP contribution >= 0.6 is 0 Å². The van der Waals surface area contributed by atoms with Gasteiger partial charge in [-0.3, -0.25) is 4.90 Å². The van der Waals surface area contributed by atoms with Crippen molar-refractivity contribution < 1.29 is 13.2 Å². The molecule has 0 saturated heterocycles. The van der Waals surface area contributed by atoms with Gasteiger partial charge in [0, 0.05) is 30.8 Å². The Morgan fingerprint density at radius 2 is 1.69 bits per heavy atom. The third-order valence-electron chi connectivity index (χ3n) is 5.74. The van der Waals surface area contributed by atoms with E-state index in [2.05, 4.69) is 49.9 Å². The average Bonchev–Trinajstić information content (AvgIpc) is 2.70. The summed E-state index contributed by atoms with van der Waals surface area (Å²) in [4.78, 5) is 2.32. The molecule has 4 heteroatoms. The highest BCUT2D eigenvalue weighted by molar-refractivity contribution is 5.68. The summed E-state index contributed by atoms with van der Waals surface area (Å²) >= 11 is 0. The van der Waals surface area contributed by atoms with Crippen LogP contribution in [0.2, 0.25) is 0 Å². The highest BCUT2D eigenvalue weighted by Crippen LogP contribution is 2.30. The minimum atomic E-state index is -1.10. The Morgan fingerprint density at radius 1 is 1.00 bits per heavy atom. The van der Waals surface area contributed by atoms with Crippen LogP contribution in [0.25, 0.3) is 5.57 Å². The topological polar surface area (TPSA) is 3.24 Å². The van der Waals surface area contributed by atoms with Crippen molar-refractivity contribution in [2.24, 2.45) is 5.92 Å². The van der Waals surface area contributed by atoms with Gasteiger partial charge < -0.3 is 0 Å². The highest BCUT2D eigenvalue weighted by atomic mass is 19.2. The molecule has 3 rings (SSSR count). The Balaban J connectivity index is 1.64. The van der Waals surface area contributed by atoms with Gasteiger partial charge >= 0.3 is 0 Å². The molecule has 1 nitrogen and oxygen atoms in total. The van der Waals surface area contributed by atoms with E-state index in [-0.39, 0.29) is 11.1 Å². The lowest BCUT2D eigenvalue weighted by Gasteiger charge is -2.29. The van der Waals surface area contributed by atoms with Crippen LogP contribution in [0.3, 0.4) is 0 Å². The zero-order valence-electron chi connectivity index (χ0n) is 17.7. The minimum absolute atomic E-state index is 0.190. The van der Waals surface area contributed by atoms with Gasteiger partial charge in [-0.2, -0.15) is 0 Å². The van der Waals surface area contributed by atoms with E-state index in [1.165, 1.54) is 18.1 Å². The van der Waals surface area contributed by atoms with Crippen LogP contribution in [0.15, 0.2) is 36.4 Å². The Bertz CT molecular complexity index is 884. The SMILES string of the molecule is Cc1c(F)c(F)cc(C2=CCN(C[C@H](C)c3ccc(CC(C)C)cc3)CC2)c1F. The molecule has 0 N–H and O–H groups in total. The predicted molar refractivity (Wildman–Crippen MR) is 113 cm³/mol. The standard InChI is InChI=1S/C25H30F3N/c1-16(2)13-19-5-7-20(8-6-19)17(3)15-29-11-9-21(10-12-29)22-14-23(26)25(28)18(4)24(22)27/h5-9,14,16-17H,10-13,15H2,1-4H3/t17-/m0/s1. The molecule has 1 aliphatic heterocycles. The van der Waals surface area contributed by atoms with Crippen molar-refractivity contribution in [3.63, 3.8) is 0 Å². The lowest BCUT2D eigenvalue weighted by atomic mass is 9.94. The van der Waals surface area contributed by atoms with Gasteiger partial charge in [-0.1, -0.05) is 51.1 Å². The summed E-state index contributed by atoms with van der Waals surface area (Å²) in [6, 6.07) is 9.85. The van der Waals surface area contributed by atoms with E-state index in [1.54, 1.807) is 0 Å². The van der Waals surface area contributed by atoms with Crippen molar-refractivity contribution in [3.05, 3.63) is 76.1 Å². The molecule has 0 spiro atoms. The fourth-order valence-electron chi connectivity index (χ4n) is 4.03. The summed E-state index contributed by atoms with van der Waals surface area (Å²) in [6.07, 6.45) is 3.66. The normalized spacial score (nSPS) is 16.2. The molecule has 29 heavy (non-hydrogen) atoms. The van der Waals surface area contributed by atoms with E-state index < -0.39 is 17.5 Å². The maximum absolute atomic E-state index is 14.4. The molecule has 1 heterocycles. The maximum Gasteiger partial charge on any atom is 0.164 e. The molecular weight excluding hydrogens is 371 g/mol. The van der Waals surface area contributed by atoms with E-state index in [9.17, 15) is 13.2 Å². The molecule has 0 aliphatic carbocycles. The third kappa shape index (κ3) is 5.11. The van der Waals surface area contributed by atoms with E-state index in [1.807, 2.05) is 6.08 Å². The molecule has 0 aromatic heterocycles. The van der Waals surface area contributed by atoms with Gasteiger partial charge in [0.15, 0.2) is 11.6 Å². The Morgan fingerprint density at radius 3 is 2.28 bits per heavy atom. The molecule has 0 bridgehead atoms. The summed E-state index contributed by atoms with van der Waals surface area (Å²) in [5, 5.41) is 0. The lowest BCUT2D eigenvalue weighted by molar-refractivity contribution is 0.286. The van der Waals surface area contributed by atoms with Crippen LogP contribution in [0.4, 0.5) is 13.2 Å². The fraction of sp³-hybridized carbons (Fsp3) is 0.440. The largest absolute Gasteiger partial charge is 0.299 e. The summed E-state index contributed by atoms with van der Waals surface area (Å²) in [6.45, 7) is 10.3. The first-order valence-corrected chi connectivity index (χ1v) is 10.4. The number of hydrogen-bond donors (Lipinski definition) is 0. The molecule has 0 unspecified atom stereocenters. The first-order valence-electron chi connectivity index (χ1n) is 10.4. The fourth-order valence-corrected chi connectivity index (χ4v) is 4.03. The predicted octanol–water partition coefficient (Wildman–Crippen LogP) is 6.50. The second-order valence-corrected chi connectivity index (χ2v) is 8.64. The van der Waals surface area contributed by atoms with Crippen LogP contribution < -0.4 is 0 Å². The zero-order chi connectivity index (χ0) is 21.1. The monoisotopic (exact) mass is 401 g/mol. The van der Waals surface area contributed by atoms with Gasteiger partial charge in [0.25, 0.3) is 0 Å². The summed E-state index contributed by atoms with van der Waals surface area (Å²) in [7, 11) is 0. The zero-order valence-corrected chi connectivity index (χ0v) is 17.7. The lowest BCUT2D eigenvalue weighted by Crippen LogP contribution is -2.32. The van der Waals surface area contributed by atoms with Crippen LogP contribution in [0, 0.1) is 30.3 Å². The summed E-state index contributed by atoms with van der Waals surface area (Å²) in [5.74, 6) is -1.70. The average molecular weight is 402 g/mol. The van der Waals surface area contributed by atoms with Crippen molar-refractivity contribution in [2.45, 2.75) is 46.5 Å². The first kappa shape index (κ1) is 21.6. The molecular formula is C25H30F3N. The molecule has 1 atom stereocenters. The smallest absolute Gasteiger partial charge is 0.164 e. The minimum Gasteiger partial charge on any atom is -0.299 e. The van der Waals surface area contributed by atoms with E-state index >= 15 is 0 Å². The first-order chi connectivity index (χ1) is 13.8. The van der Waals surface area contributed by atoms with Crippen molar-refractivity contribution in [1.82, 2.24) is 4.90 Å². The van der Waals surface area contributed by atoms with Crippen LogP contribution in [-0.4, -0.2) is 24.5 Å². The molecule has 156 valence electrons. The van der Waals surface area contributed by atoms with Gasteiger partial charge in [-0.05, 0) is 54.4 Å². The van der Waals surface area contributed by atoms with Crippen LogP contribution in [0.5, 0.6) is 0 Å². The third-order valence-corrected chi connectivity index (χ3v) is 5.74. The summed E-state index contributed by atoms with van der Waals surface area (Å²) < 4.78 is 41.7. The Kier molecular flexibility index (Phi) is 6.84. The van der Waals surface area contributed by atoms with Crippen LogP contribution in [-0.2, 0) is 6.42 Å². The second-order valence-electron chi connectivity index (χ2n) is 8.64. The second kappa shape index (κ2) is 9.17. The summed E-state index contributed by atoms with van der Waals surface area (Å²) in [5.41, 5.74) is 3.37. The quantitative estimate of drug-likeness (QED) is 0.499. The number of rotatable bonds is 6.